The van der Waals surface area contributed by atoms with Crippen LogP contribution in [0.2, 0.25) is 0 Å². The Labute approximate surface area is 173 Å². The number of likely N-dealkylation sites (tertiary alicyclic amines) is 1. The van der Waals surface area contributed by atoms with Crippen LogP contribution in [-0.4, -0.2) is 96.5 Å². The topological polar surface area (TPSA) is 30.0 Å². The van der Waals surface area contributed by atoms with Crippen LogP contribution in [-0.2, 0) is 4.79 Å². The smallest absolute Gasteiger partial charge is 0.236 e. The van der Waals surface area contributed by atoms with E-state index >= 15 is 0 Å². The van der Waals surface area contributed by atoms with E-state index in [1.165, 1.54) is 70.9 Å². The first-order valence-corrected chi connectivity index (χ1v) is 12.2. The lowest BCUT2D eigenvalue weighted by Crippen LogP contribution is -2.54. The van der Waals surface area contributed by atoms with Gasteiger partial charge in [0.25, 0.3) is 0 Å². The molecule has 3 fully saturated rings. The van der Waals surface area contributed by atoms with Crippen molar-refractivity contribution in [3.8, 4) is 0 Å². The molecule has 28 heavy (non-hydrogen) atoms. The molecule has 1 saturated carbocycles. The van der Waals surface area contributed by atoms with Crippen LogP contribution in [0.3, 0.4) is 0 Å². The Morgan fingerprint density at radius 3 is 2.00 bits per heavy atom. The van der Waals surface area contributed by atoms with E-state index in [2.05, 4.69) is 33.4 Å². The van der Waals surface area contributed by atoms with Gasteiger partial charge in [0.2, 0.25) is 5.91 Å². The third-order valence-corrected chi connectivity index (χ3v) is 7.21. The SMILES string of the molecule is CCCN(CCC)C1CCN(CC(=O)N2CCN(C3CCCCC3)CC2)CC1. The maximum absolute atomic E-state index is 12.8. The molecule has 0 aromatic rings. The van der Waals surface area contributed by atoms with Gasteiger partial charge in [-0.3, -0.25) is 14.6 Å². The van der Waals surface area contributed by atoms with Crippen LogP contribution in [0.1, 0.15) is 71.6 Å². The van der Waals surface area contributed by atoms with Crippen molar-refractivity contribution in [2.24, 2.45) is 0 Å². The minimum Gasteiger partial charge on any atom is -0.339 e. The number of piperidine rings is 1. The number of amides is 1. The first-order valence-electron chi connectivity index (χ1n) is 12.2. The highest BCUT2D eigenvalue weighted by atomic mass is 16.2. The number of piperazine rings is 1. The molecule has 0 N–H and O–H groups in total. The van der Waals surface area contributed by atoms with Crippen LogP contribution in [0.25, 0.3) is 0 Å². The van der Waals surface area contributed by atoms with Crippen LogP contribution >= 0.6 is 0 Å². The second kappa shape index (κ2) is 11.5. The zero-order valence-corrected chi connectivity index (χ0v) is 18.6. The predicted octanol–water partition coefficient (Wildman–Crippen LogP) is 3.05. The molecule has 2 saturated heterocycles. The van der Waals surface area contributed by atoms with Gasteiger partial charge >= 0.3 is 0 Å². The summed E-state index contributed by atoms with van der Waals surface area (Å²) in [6, 6.07) is 1.52. The van der Waals surface area contributed by atoms with Gasteiger partial charge < -0.3 is 9.80 Å². The van der Waals surface area contributed by atoms with E-state index in [1.807, 2.05) is 0 Å². The van der Waals surface area contributed by atoms with E-state index < -0.39 is 0 Å². The number of rotatable bonds is 8. The van der Waals surface area contributed by atoms with Crippen LogP contribution in [0.5, 0.6) is 0 Å². The lowest BCUT2D eigenvalue weighted by molar-refractivity contribution is -0.135. The van der Waals surface area contributed by atoms with Crippen LogP contribution < -0.4 is 0 Å². The van der Waals surface area contributed by atoms with Crippen molar-refractivity contribution in [1.29, 1.82) is 0 Å². The lowest BCUT2D eigenvalue weighted by Gasteiger charge is -2.42. The molecule has 0 radical (unpaired) electrons. The molecule has 0 aromatic carbocycles. The van der Waals surface area contributed by atoms with Gasteiger partial charge in [-0.15, -0.1) is 0 Å². The quantitative estimate of drug-likeness (QED) is 0.635. The summed E-state index contributed by atoms with van der Waals surface area (Å²) in [5.41, 5.74) is 0. The summed E-state index contributed by atoms with van der Waals surface area (Å²) in [5.74, 6) is 0.362. The van der Waals surface area contributed by atoms with E-state index in [-0.39, 0.29) is 0 Å². The first kappa shape index (κ1) is 22.0. The van der Waals surface area contributed by atoms with Gasteiger partial charge in [0.15, 0.2) is 0 Å². The summed E-state index contributed by atoms with van der Waals surface area (Å²) >= 11 is 0. The highest BCUT2D eigenvalue weighted by Crippen LogP contribution is 2.23. The molecule has 0 unspecified atom stereocenters. The molecule has 2 aliphatic heterocycles. The summed E-state index contributed by atoms with van der Waals surface area (Å²) in [5, 5.41) is 0. The van der Waals surface area contributed by atoms with Gasteiger partial charge in [-0.2, -0.15) is 0 Å². The molecule has 3 aliphatic rings. The average Bonchev–Trinajstić information content (AvgIpc) is 2.75. The summed E-state index contributed by atoms with van der Waals surface area (Å²) < 4.78 is 0. The van der Waals surface area contributed by atoms with E-state index in [1.54, 1.807) is 0 Å². The van der Waals surface area contributed by atoms with Crippen molar-refractivity contribution >= 4 is 5.91 Å². The van der Waals surface area contributed by atoms with Crippen molar-refractivity contribution in [3.63, 3.8) is 0 Å². The second-order valence-corrected chi connectivity index (χ2v) is 9.25. The number of hydrogen-bond donors (Lipinski definition) is 0. The first-order chi connectivity index (χ1) is 13.7. The molecular formula is C23H44N4O. The van der Waals surface area contributed by atoms with Gasteiger partial charge in [0.1, 0.15) is 0 Å². The maximum Gasteiger partial charge on any atom is 0.236 e. The minimum absolute atomic E-state index is 0.362. The van der Waals surface area contributed by atoms with Gasteiger partial charge in [-0.1, -0.05) is 33.1 Å². The summed E-state index contributed by atoms with van der Waals surface area (Å²) in [4.78, 5) is 22.7. The Morgan fingerprint density at radius 1 is 0.821 bits per heavy atom. The fourth-order valence-electron chi connectivity index (χ4n) is 5.57. The van der Waals surface area contributed by atoms with Crippen LogP contribution in [0.15, 0.2) is 0 Å². The highest BCUT2D eigenvalue weighted by Gasteiger charge is 2.29. The zero-order chi connectivity index (χ0) is 19.8. The number of carbonyl (C=O) groups is 1. The molecule has 0 bridgehead atoms. The Morgan fingerprint density at radius 2 is 1.43 bits per heavy atom. The third-order valence-electron chi connectivity index (χ3n) is 7.21. The number of carbonyl (C=O) groups excluding carboxylic acids is 1. The van der Waals surface area contributed by atoms with E-state index in [4.69, 9.17) is 0 Å². The zero-order valence-electron chi connectivity index (χ0n) is 18.6. The Bertz CT molecular complexity index is 444. The van der Waals surface area contributed by atoms with Gasteiger partial charge in [0.05, 0.1) is 6.54 Å². The van der Waals surface area contributed by atoms with Crippen LogP contribution in [0.4, 0.5) is 0 Å². The number of hydrogen-bond acceptors (Lipinski definition) is 4. The highest BCUT2D eigenvalue weighted by molar-refractivity contribution is 5.78. The Balaban J connectivity index is 1.36. The van der Waals surface area contributed by atoms with Crippen molar-refractivity contribution in [2.75, 3.05) is 58.9 Å². The van der Waals surface area contributed by atoms with Gasteiger partial charge in [-0.05, 0) is 51.6 Å². The third kappa shape index (κ3) is 6.17. The predicted molar refractivity (Wildman–Crippen MR) is 117 cm³/mol. The molecule has 0 atom stereocenters. The molecule has 0 aromatic heterocycles. The largest absolute Gasteiger partial charge is 0.339 e. The van der Waals surface area contributed by atoms with E-state index in [9.17, 15) is 4.79 Å². The van der Waals surface area contributed by atoms with E-state index in [0.717, 1.165) is 51.4 Å². The van der Waals surface area contributed by atoms with Gasteiger partial charge in [0, 0.05) is 51.4 Å². The fraction of sp³-hybridized carbons (Fsp3) is 0.957. The van der Waals surface area contributed by atoms with Crippen LogP contribution in [0, 0.1) is 0 Å². The normalized spacial score (nSPS) is 24.2. The molecule has 2 heterocycles. The molecule has 162 valence electrons. The average molecular weight is 393 g/mol. The summed E-state index contributed by atoms with van der Waals surface area (Å²) in [6.07, 6.45) is 11.9. The lowest BCUT2D eigenvalue weighted by atomic mass is 9.94. The number of nitrogens with zero attached hydrogens (tertiary/aromatic N) is 4. The molecule has 0 spiro atoms. The Kier molecular flexibility index (Phi) is 9.06. The van der Waals surface area contributed by atoms with Crippen molar-refractivity contribution in [3.05, 3.63) is 0 Å². The van der Waals surface area contributed by atoms with Gasteiger partial charge in [-0.25, -0.2) is 0 Å². The standard InChI is InChI=1S/C23H44N4O/c1-3-12-25(13-4-2)22-10-14-24(15-11-22)20-23(28)27-18-16-26(17-19-27)21-8-6-5-7-9-21/h21-22H,3-20H2,1-2H3. The van der Waals surface area contributed by atoms with Crippen molar-refractivity contribution < 1.29 is 4.79 Å². The molecular weight excluding hydrogens is 348 g/mol. The Hall–Kier alpha value is -0.650. The molecule has 1 amide bonds. The van der Waals surface area contributed by atoms with Crippen molar-refractivity contribution in [1.82, 2.24) is 19.6 Å². The summed E-state index contributed by atoms with van der Waals surface area (Å²) in [6.45, 7) is 13.9. The minimum atomic E-state index is 0.362. The molecule has 3 rings (SSSR count). The molecule has 5 heteroatoms. The fourth-order valence-corrected chi connectivity index (χ4v) is 5.57. The molecule has 1 aliphatic carbocycles. The molecule has 5 nitrogen and oxygen atoms in total. The van der Waals surface area contributed by atoms with E-state index in [0.29, 0.717) is 12.5 Å². The monoisotopic (exact) mass is 392 g/mol. The second-order valence-electron chi connectivity index (χ2n) is 9.25. The maximum atomic E-state index is 12.8. The van der Waals surface area contributed by atoms with Crippen molar-refractivity contribution in [2.45, 2.75) is 83.7 Å². The summed E-state index contributed by atoms with van der Waals surface area (Å²) in [7, 11) is 0.